The van der Waals surface area contributed by atoms with Gasteiger partial charge in [-0.3, -0.25) is 4.79 Å². The topological polar surface area (TPSA) is 55.1 Å². The van der Waals surface area contributed by atoms with Gasteiger partial charge in [0, 0.05) is 0 Å². The Hall–Kier alpha value is -0.280. The third-order valence-electron chi connectivity index (χ3n) is 2.88. The summed E-state index contributed by atoms with van der Waals surface area (Å²) in [4.78, 5) is 11.2. The van der Waals surface area contributed by atoms with Crippen molar-refractivity contribution >= 4 is 18.3 Å². The monoisotopic (exact) mass is 220 g/mol. The molecule has 4 heteroatoms. The summed E-state index contributed by atoms with van der Waals surface area (Å²) >= 11 is 0. The van der Waals surface area contributed by atoms with E-state index in [0.29, 0.717) is 5.92 Å². The normalized spacial score (nSPS) is 27.9. The Kier molecular flexibility index (Phi) is 4.89. The average molecular weight is 221 g/mol. The number of rotatable bonds is 1. The highest BCUT2D eigenvalue weighted by Crippen LogP contribution is 2.34. The molecule has 14 heavy (non-hydrogen) atoms. The molecule has 1 aliphatic rings. The summed E-state index contributed by atoms with van der Waals surface area (Å²) in [7, 11) is 0. The van der Waals surface area contributed by atoms with E-state index in [1.807, 2.05) is 0 Å². The molecule has 0 radical (unpaired) electrons. The van der Waals surface area contributed by atoms with E-state index in [0.717, 1.165) is 19.4 Å². The number of carbonyl (C=O) groups is 1. The first kappa shape index (κ1) is 13.7. The first-order valence-corrected chi connectivity index (χ1v) is 4.95. The van der Waals surface area contributed by atoms with Crippen molar-refractivity contribution in [2.75, 3.05) is 6.54 Å². The van der Waals surface area contributed by atoms with Crippen LogP contribution in [0.25, 0.3) is 0 Å². The molecule has 0 bridgehead atoms. The first-order valence-electron chi connectivity index (χ1n) is 4.95. The van der Waals surface area contributed by atoms with E-state index in [4.69, 9.17) is 5.73 Å². The van der Waals surface area contributed by atoms with E-state index in [1.165, 1.54) is 0 Å². The standard InChI is InChI=1S/C10H20N2O.ClH/c1-10(2,3)7-5-4-6-12-8(7)9(11)13;/h7-8,12H,4-6H2,1-3H3,(H2,11,13);1H/t7-,8+;/m1./s1. The zero-order chi connectivity index (χ0) is 10.1. The smallest absolute Gasteiger partial charge is 0.234 e. The molecule has 0 aromatic rings. The number of hydrogen-bond donors (Lipinski definition) is 2. The number of piperidine rings is 1. The molecule has 1 aliphatic heterocycles. The molecular formula is C10H21ClN2O. The zero-order valence-electron chi connectivity index (χ0n) is 9.17. The Morgan fingerprint density at radius 2 is 2.00 bits per heavy atom. The Balaban J connectivity index is 0.00000169. The van der Waals surface area contributed by atoms with Crippen LogP contribution in [0, 0.1) is 11.3 Å². The van der Waals surface area contributed by atoms with Crippen molar-refractivity contribution in [1.82, 2.24) is 5.32 Å². The van der Waals surface area contributed by atoms with Crippen LogP contribution in [0.5, 0.6) is 0 Å². The fourth-order valence-corrected chi connectivity index (χ4v) is 2.12. The minimum atomic E-state index is -0.209. The van der Waals surface area contributed by atoms with E-state index in [1.54, 1.807) is 0 Å². The predicted molar refractivity (Wildman–Crippen MR) is 60.4 cm³/mol. The number of amides is 1. The summed E-state index contributed by atoms with van der Waals surface area (Å²) in [5.74, 6) is 0.165. The van der Waals surface area contributed by atoms with Crippen LogP contribution in [-0.4, -0.2) is 18.5 Å². The van der Waals surface area contributed by atoms with E-state index >= 15 is 0 Å². The molecule has 1 amide bonds. The number of primary amides is 1. The van der Waals surface area contributed by atoms with Crippen LogP contribution >= 0.6 is 12.4 Å². The molecule has 0 saturated carbocycles. The molecule has 1 fully saturated rings. The Morgan fingerprint density at radius 1 is 1.43 bits per heavy atom. The molecule has 1 rings (SSSR count). The van der Waals surface area contributed by atoms with Gasteiger partial charge < -0.3 is 11.1 Å². The molecule has 84 valence electrons. The van der Waals surface area contributed by atoms with Crippen LogP contribution in [-0.2, 0) is 4.79 Å². The summed E-state index contributed by atoms with van der Waals surface area (Å²) in [6, 6.07) is -0.131. The second-order valence-corrected chi connectivity index (χ2v) is 4.95. The molecule has 0 aliphatic carbocycles. The van der Waals surface area contributed by atoms with Gasteiger partial charge in [0.15, 0.2) is 0 Å². The lowest BCUT2D eigenvalue weighted by Gasteiger charge is -2.39. The lowest BCUT2D eigenvalue weighted by molar-refractivity contribution is -0.123. The Morgan fingerprint density at radius 3 is 2.36 bits per heavy atom. The van der Waals surface area contributed by atoms with Gasteiger partial charge in [0.1, 0.15) is 0 Å². The second-order valence-electron chi connectivity index (χ2n) is 4.95. The number of carbonyl (C=O) groups excluding carboxylic acids is 1. The third kappa shape index (κ3) is 3.14. The average Bonchev–Trinajstić information content (AvgIpc) is 2.03. The van der Waals surface area contributed by atoms with Crippen LogP contribution in [0.1, 0.15) is 33.6 Å². The van der Waals surface area contributed by atoms with Crippen molar-refractivity contribution in [1.29, 1.82) is 0 Å². The van der Waals surface area contributed by atoms with Crippen LogP contribution in [0.2, 0.25) is 0 Å². The molecule has 0 unspecified atom stereocenters. The lowest BCUT2D eigenvalue weighted by atomic mass is 9.72. The predicted octanol–water partition coefficient (Wildman–Crippen LogP) is 1.31. The zero-order valence-corrected chi connectivity index (χ0v) is 9.99. The minimum Gasteiger partial charge on any atom is -0.368 e. The van der Waals surface area contributed by atoms with E-state index in [-0.39, 0.29) is 29.8 Å². The van der Waals surface area contributed by atoms with Crippen molar-refractivity contribution in [3.05, 3.63) is 0 Å². The molecule has 1 heterocycles. The van der Waals surface area contributed by atoms with Gasteiger partial charge in [-0.15, -0.1) is 12.4 Å². The molecule has 1 saturated heterocycles. The maximum absolute atomic E-state index is 11.2. The molecular weight excluding hydrogens is 200 g/mol. The molecule has 0 aromatic carbocycles. The summed E-state index contributed by atoms with van der Waals surface area (Å²) in [6.07, 6.45) is 2.25. The van der Waals surface area contributed by atoms with Crippen LogP contribution in [0.4, 0.5) is 0 Å². The Labute approximate surface area is 92.2 Å². The molecule has 3 N–H and O–H groups in total. The summed E-state index contributed by atoms with van der Waals surface area (Å²) < 4.78 is 0. The van der Waals surface area contributed by atoms with Gasteiger partial charge >= 0.3 is 0 Å². The van der Waals surface area contributed by atoms with Crippen molar-refractivity contribution in [2.45, 2.75) is 39.7 Å². The number of halogens is 1. The maximum atomic E-state index is 11.2. The maximum Gasteiger partial charge on any atom is 0.234 e. The van der Waals surface area contributed by atoms with Gasteiger partial charge in [0.2, 0.25) is 5.91 Å². The van der Waals surface area contributed by atoms with Crippen molar-refractivity contribution < 1.29 is 4.79 Å². The number of nitrogens with one attached hydrogen (secondary N) is 1. The fraction of sp³-hybridized carbons (Fsp3) is 0.900. The largest absolute Gasteiger partial charge is 0.368 e. The SMILES string of the molecule is CC(C)(C)[C@@H]1CCCN[C@@H]1C(N)=O.Cl. The number of hydrogen-bond acceptors (Lipinski definition) is 2. The summed E-state index contributed by atoms with van der Waals surface area (Å²) in [6.45, 7) is 7.42. The molecule has 0 spiro atoms. The minimum absolute atomic E-state index is 0. The van der Waals surface area contributed by atoms with Crippen molar-refractivity contribution in [3.8, 4) is 0 Å². The highest BCUT2D eigenvalue weighted by atomic mass is 35.5. The summed E-state index contributed by atoms with van der Waals surface area (Å²) in [5.41, 5.74) is 5.51. The summed E-state index contributed by atoms with van der Waals surface area (Å²) in [5, 5.41) is 3.20. The van der Waals surface area contributed by atoms with Gasteiger partial charge in [-0.25, -0.2) is 0 Å². The van der Waals surface area contributed by atoms with E-state index in [2.05, 4.69) is 26.1 Å². The van der Waals surface area contributed by atoms with Gasteiger partial charge in [0.25, 0.3) is 0 Å². The van der Waals surface area contributed by atoms with Gasteiger partial charge in [-0.2, -0.15) is 0 Å². The van der Waals surface area contributed by atoms with Gasteiger partial charge in [-0.05, 0) is 30.7 Å². The third-order valence-corrected chi connectivity index (χ3v) is 2.88. The van der Waals surface area contributed by atoms with Crippen molar-refractivity contribution in [3.63, 3.8) is 0 Å². The van der Waals surface area contributed by atoms with Gasteiger partial charge in [-0.1, -0.05) is 20.8 Å². The lowest BCUT2D eigenvalue weighted by Crippen LogP contribution is -2.53. The van der Waals surface area contributed by atoms with Gasteiger partial charge in [0.05, 0.1) is 6.04 Å². The van der Waals surface area contributed by atoms with E-state index < -0.39 is 0 Å². The molecule has 0 aromatic heterocycles. The highest BCUT2D eigenvalue weighted by molar-refractivity contribution is 5.85. The van der Waals surface area contributed by atoms with Crippen LogP contribution < -0.4 is 11.1 Å². The molecule has 3 nitrogen and oxygen atoms in total. The van der Waals surface area contributed by atoms with Crippen LogP contribution in [0.3, 0.4) is 0 Å². The number of nitrogens with two attached hydrogens (primary N) is 1. The quantitative estimate of drug-likeness (QED) is 0.700. The molecule has 2 atom stereocenters. The highest BCUT2D eigenvalue weighted by Gasteiger charge is 2.36. The van der Waals surface area contributed by atoms with Crippen molar-refractivity contribution in [2.24, 2.45) is 17.1 Å². The second kappa shape index (κ2) is 4.99. The fourth-order valence-electron chi connectivity index (χ4n) is 2.12. The van der Waals surface area contributed by atoms with Crippen LogP contribution in [0.15, 0.2) is 0 Å². The Bertz CT molecular complexity index is 201. The van der Waals surface area contributed by atoms with E-state index in [9.17, 15) is 4.79 Å². The first-order chi connectivity index (χ1) is 5.93.